The maximum Gasteiger partial charge on any atom is 0.254 e. The normalized spacial score (nSPS) is 11.6. The molecular weight excluding hydrogens is 342 g/mol. The second-order valence-corrected chi connectivity index (χ2v) is 7.45. The van der Waals surface area contributed by atoms with Crippen molar-refractivity contribution < 1.29 is 13.2 Å². The van der Waals surface area contributed by atoms with Crippen molar-refractivity contribution in [2.45, 2.75) is 20.3 Å². The van der Waals surface area contributed by atoms with Gasteiger partial charge >= 0.3 is 0 Å². The van der Waals surface area contributed by atoms with Gasteiger partial charge in [-0.1, -0.05) is 6.92 Å². The summed E-state index contributed by atoms with van der Waals surface area (Å²) >= 11 is 0. The van der Waals surface area contributed by atoms with Crippen LogP contribution < -0.4 is 5.32 Å². The molecule has 0 fully saturated rings. The quantitative estimate of drug-likeness (QED) is 0.747. The van der Waals surface area contributed by atoms with Gasteiger partial charge in [0.2, 0.25) is 5.91 Å². The Morgan fingerprint density at radius 2 is 2.08 bits per heavy atom. The molecule has 3 rings (SSSR count). The number of hydrogen-bond donors (Lipinski definition) is 1. The molecule has 0 saturated heterocycles. The number of carbonyl (C=O) groups is 1. The van der Waals surface area contributed by atoms with Gasteiger partial charge in [-0.3, -0.25) is 9.78 Å². The molecule has 25 heavy (non-hydrogen) atoms. The number of nitrogens with zero attached hydrogens (tertiary/aromatic N) is 4. The number of amides is 1. The Kier molecular flexibility index (Phi) is 4.49. The molecule has 3 aromatic heterocycles. The van der Waals surface area contributed by atoms with Gasteiger partial charge in [0, 0.05) is 30.3 Å². The van der Waals surface area contributed by atoms with Crippen LogP contribution in [0.15, 0.2) is 36.9 Å². The molecule has 0 aromatic carbocycles. The molecule has 3 heterocycles. The van der Waals surface area contributed by atoms with E-state index in [1.54, 1.807) is 31.5 Å². The van der Waals surface area contributed by atoms with Gasteiger partial charge in [-0.2, -0.15) is 9.19 Å². The van der Waals surface area contributed by atoms with Crippen molar-refractivity contribution in [3.05, 3.63) is 36.9 Å². The summed E-state index contributed by atoms with van der Waals surface area (Å²) in [5.74, 6) is 0.197. The molecule has 0 radical (unpaired) electrons. The summed E-state index contributed by atoms with van der Waals surface area (Å²) in [6.45, 7) is 3.20. The minimum Gasteiger partial charge on any atom is -0.311 e. The Bertz CT molecular complexity index is 1040. The van der Waals surface area contributed by atoms with Gasteiger partial charge in [0.15, 0.2) is 0 Å². The average molecular weight is 359 g/mol. The van der Waals surface area contributed by atoms with E-state index in [2.05, 4.69) is 20.4 Å². The van der Waals surface area contributed by atoms with Crippen LogP contribution in [0.3, 0.4) is 0 Å². The van der Waals surface area contributed by atoms with Gasteiger partial charge in [-0.05, 0) is 24.1 Å². The van der Waals surface area contributed by atoms with E-state index in [1.165, 1.54) is 19.3 Å². The van der Waals surface area contributed by atoms with Crippen molar-refractivity contribution in [1.82, 2.24) is 19.2 Å². The van der Waals surface area contributed by atoms with Gasteiger partial charge < -0.3 is 5.32 Å². The van der Waals surface area contributed by atoms with Crippen LogP contribution in [-0.4, -0.2) is 39.2 Å². The third-order valence-corrected chi connectivity index (χ3v) is 5.31. The molecule has 0 bridgehead atoms. The number of hydrogen-bond acceptors (Lipinski definition) is 6. The number of pyridine rings is 2. The first-order chi connectivity index (χ1) is 11.9. The zero-order valence-corrected chi connectivity index (χ0v) is 14.6. The van der Waals surface area contributed by atoms with Crippen molar-refractivity contribution >= 4 is 32.7 Å². The summed E-state index contributed by atoms with van der Waals surface area (Å²) < 4.78 is 25.7. The Morgan fingerprint density at radius 3 is 2.80 bits per heavy atom. The van der Waals surface area contributed by atoms with Crippen LogP contribution >= 0.6 is 0 Å². The van der Waals surface area contributed by atoms with Crippen LogP contribution in [0, 0.1) is 0 Å². The number of anilines is 1. The fourth-order valence-corrected chi connectivity index (χ4v) is 3.89. The van der Waals surface area contributed by atoms with Crippen molar-refractivity contribution in [2.75, 3.05) is 11.1 Å². The predicted molar refractivity (Wildman–Crippen MR) is 94.5 cm³/mol. The lowest BCUT2D eigenvalue weighted by Crippen LogP contribution is -2.17. The second kappa shape index (κ2) is 6.60. The van der Waals surface area contributed by atoms with Crippen molar-refractivity contribution in [3.8, 4) is 11.1 Å². The fraction of sp³-hybridized carbons (Fsp3) is 0.250. The van der Waals surface area contributed by atoms with Crippen LogP contribution in [-0.2, 0) is 14.8 Å². The predicted octanol–water partition coefficient (Wildman–Crippen LogP) is 2.04. The molecule has 0 saturated carbocycles. The first-order valence-corrected chi connectivity index (χ1v) is 9.32. The summed E-state index contributed by atoms with van der Waals surface area (Å²) in [6.07, 6.45) is 6.69. The van der Waals surface area contributed by atoms with Crippen molar-refractivity contribution in [2.24, 2.45) is 0 Å². The lowest BCUT2D eigenvalue weighted by Gasteiger charge is -2.07. The Morgan fingerprint density at radius 1 is 1.28 bits per heavy atom. The summed E-state index contributed by atoms with van der Waals surface area (Å²) in [5.41, 5.74) is 1.89. The summed E-state index contributed by atoms with van der Waals surface area (Å²) in [6, 6.07) is 3.47. The third kappa shape index (κ3) is 3.36. The molecule has 0 spiro atoms. The summed E-state index contributed by atoms with van der Waals surface area (Å²) in [5, 5.41) is 7.33. The fourth-order valence-electron chi connectivity index (χ4n) is 2.56. The van der Waals surface area contributed by atoms with Gasteiger partial charge in [-0.15, -0.1) is 0 Å². The summed E-state index contributed by atoms with van der Waals surface area (Å²) in [7, 11) is -3.52. The molecule has 9 heteroatoms. The van der Waals surface area contributed by atoms with E-state index in [9.17, 15) is 13.2 Å². The monoisotopic (exact) mass is 359 g/mol. The topological polar surface area (TPSA) is 107 Å². The number of nitrogens with one attached hydrogen (secondary N) is 1. The maximum atomic E-state index is 12.3. The van der Waals surface area contributed by atoms with Gasteiger partial charge in [0.25, 0.3) is 10.0 Å². The third-order valence-electron chi connectivity index (χ3n) is 3.56. The number of fused-ring (bicyclic) bond motifs is 1. The van der Waals surface area contributed by atoms with E-state index in [0.717, 1.165) is 9.65 Å². The molecule has 130 valence electrons. The van der Waals surface area contributed by atoms with E-state index in [-0.39, 0.29) is 11.7 Å². The molecule has 1 N–H and O–H groups in total. The Labute approximate surface area is 145 Å². The van der Waals surface area contributed by atoms with Crippen molar-refractivity contribution in [3.63, 3.8) is 0 Å². The molecule has 0 aliphatic carbocycles. The second-order valence-electron chi connectivity index (χ2n) is 5.53. The highest BCUT2D eigenvalue weighted by molar-refractivity contribution is 7.89. The minimum atomic E-state index is -3.52. The average Bonchev–Trinajstić information content (AvgIpc) is 2.99. The summed E-state index contributed by atoms with van der Waals surface area (Å²) in [4.78, 5) is 19.4. The SMILES string of the molecule is CCCS(=O)(=O)n1ncc2c(-c3ccnc(NC(C)=O)c3)cncc21. The van der Waals surface area contributed by atoms with Crippen LogP contribution in [0.25, 0.3) is 22.0 Å². The number of carbonyl (C=O) groups excluding carboxylic acids is 1. The molecule has 0 atom stereocenters. The Balaban J connectivity index is 2.13. The van der Waals surface area contributed by atoms with E-state index < -0.39 is 10.0 Å². The molecule has 0 aliphatic heterocycles. The Hall–Kier alpha value is -2.81. The molecule has 3 aromatic rings. The molecule has 0 aliphatic rings. The first-order valence-electron chi connectivity index (χ1n) is 7.71. The molecule has 0 unspecified atom stereocenters. The van der Waals surface area contributed by atoms with Crippen LogP contribution in [0.2, 0.25) is 0 Å². The van der Waals surface area contributed by atoms with Gasteiger partial charge in [0.1, 0.15) is 11.3 Å². The zero-order chi connectivity index (χ0) is 18.0. The van der Waals surface area contributed by atoms with Crippen molar-refractivity contribution in [1.29, 1.82) is 0 Å². The van der Waals surface area contributed by atoms with E-state index in [1.807, 2.05) is 0 Å². The minimum absolute atomic E-state index is 0.00987. The van der Waals surface area contributed by atoms with Gasteiger partial charge in [0.05, 0.1) is 18.1 Å². The highest BCUT2D eigenvalue weighted by Gasteiger charge is 2.18. The number of aromatic nitrogens is 4. The van der Waals surface area contributed by atoms with Crippen LogP contribution in [0.1, 0.15) is 20.3 Å². The highest BCUT2D eigenvalue weighted by Crippen LogP contribution is 2.29. The lowest BCUT2D eigenvalue weighted by molar-refractivity contribution is -0.114. The smallest absolute Gasteiger partial charge is 0.254 e. The van der Waals surface area contributed by atoms with E-state index in [4.69, 9.17) is 0 Å². The zero-order valence-electron chi connectivity index (χ0n) is 13.8. The number of rotatable bonds is 5. The molecule has 8 nitrogen and oxygen atoms in total. The van der Waals surface area contributed by atoms with E-state index in [0.29, 0.717) is 28.7 Å². The first kappa shape index (κ1) is 17.0. The molecule has 1 amide bonds. The van der Waals surface area contributed by atoms with Gasteiger partial charge in [-0.25, -0.2) is 13.4 Å². The van der Waals surface area contributed by atoms with E-state index >= 15 is 0 Å². The lowest BCUT2D eigenvalue weighted by atomic mass is 10.1. The maximum absolute atomic E-state index is 12.3. The van der Waals surface area contributed by atoms with Crippen LogP contribution in [0.5, 0.6) is 0 Å². The standard InChI is InChI=1S/C16H17N5O3S/c1-3-6-25(23,24)21-15-10-17-8-13(14(15)9-19-21)12-4-5-18-16(7-12)20-11(2)22/h4-5,7-10H,3,6H2,1-2H3,(H,18,20,22). The molecular formula is C16H17N5O3S. The highest BCUT2D eigenvalue weighted by atomic mass is 32.2. The largest absolute Gasteiger partial charge is 0.311 e. The van der Waals surface area contributed by atoms with Crippen LogP contribution in [0.4, 0.5) is 5.82 Å².